The summed E-state index contributed by atoms with van der Waals surface area (Å²) in [6.07, 6.45) is 5.26. The molecule has 2 atom stereocenters. The topological polar surface area (TPSA) is 0 Å². The van der Waals surface area contributed by atoms with E-state index < -0.39 is 19.2 Å². The number of rotatable bonds is 4. The van der Waals surface area contributed by atoms with Crippen LogP contribution in [0.15, 0.2) is 59.2 Å². The quantitative estimate of drug-likeness (QED) is 0.255. The Bertz CT molecular complexity index is 1080. The fourth-order valence-corrected chi connectivity index (χ4v) is 20.1. The molecule has 4 rings (SSSR count). The van der Waals surface area contributed by atoms with Gasteiger partial charge in [0.2, 0.25) is 0 Å². The second-order valence-electron chi connectivity index (χ2n) is 14.8. The van der Waals surface area contributed by atoms with E-state index in [4.69, 9.17) is 0 Å². The molecule has 37 heavy (non-hydrogen) atoms. The Morgan fingerprint density at radius 2 is 0.784 bits per heavy atom. The number of hydrogen-bond donors (Lipinski definition) is 0. The van der Waals surface area contributed by atoms with Crippen molar-refractivity contribution < 1.29 is 19.2 Å². The molecule has 2 aromatic carbocycles. The molecule has 0 aliphatic heterocycles. The number of allylic oxidation sites excluding steroid dienone is 2. The van der Waals surface area contributed by atoms with Gasteiger partial charge in [-0.25, -0.2) is 0 Å². The van der Waals surface area contributed by atoms with Crippen molar-refractivity contribution in [3.63, 3.8) is 0 Å². The van der Waals surface area contributed by atoms with Gasteiger partial charge in [0.1, 0.15) is 0 Å². The molecule has 198 valence electrons. The molecule has 2 aliphatic carbocycles. The summed E-state index contributed by atoms with van der Waals surface area (Å²) in [5.41, 5.74) is 6.19. The first-order chi connectivity index (χ1) is 16.9. The van der Waals surface area contributed by atoms with E-state index in [-0.39, 0.29) is 36.5 Å². The van der Waals surface area contributed by atoms with Crippen LogP contribution < -0.4 is 0 Å². The van der Waals surface area contributed by atoms with E-state index >= 15 is 0 Å². The van der Waals surface area contributed by atoms with Crippen molar-refractivity contribution in [1.29, 1.82) is 0 Å². The van der Waals surface area contributed by atoms with Crippen molar-refractivity contribution in [3.8, 4) is 0 Å². The van der Waals surface area contributed by atoms with Gasteiger partial charge in [-0.05, 0) is 0 Å². The molecule has 0 saturated carbocycles. The summed E-state index contributed by atoms with van der Waals surface area (Å²) >= 11 is -0.394. The minimum atomic E-state index is -0.394. The zero-order valence-corrected chi connectivity index (χ0v) is 28.7. The van der Waals surface area contributed by atoms with Gasteiger partial charge in [0.15, 0.2) is 0 Å². The van der Waals surface area contributed by atoms with E-state index in [2.05, 4.69) is 144 Å². The molecular weight excluding hydrogens is 518 g/mol. The molecule has 0 amide bonds. The molecule has 0 nitrogen and oxygen atoms in total. The van der Waals surface area contributed by atoms with E-state index in [1.54, 1.807) is 21.8 Å². The van der Waals surface area contributed by atoms with Gasteiger partial charge in [0.25, 0.3) is 0 Å². The van der Waals surface area contributed by atoms with Gasteiger partial charge in [0, 0.05) is 0 Å². The first-order valence-electron chi connectivity index (χ1n) is 13.9. The van der Waals surface area contributed by atoms with Gasteiger partial charge >= 0.3 is 241 Å². The molecule has 0 bridgehead atoms. The molecule has 0 heterocycles. The van der Waals surface area contributed by atoms with E-state index in [0.29, 0.717) is 8.45 Å². The summed E-state index contributed by atoms with van der Waals surface area (Å²) in [4.78, 5) is 0. The van der Waals surface area contributed by atoms with E-state index in [9.17, 15) is 0 Å². The molecule has 3 heteroatoms. The molecule has 0 aromatic heterocycles. The summed E-state index contributed by atoms with van der Waals surface area (Å²) in [5.74, 6) is 0. The normalized spacial score (nSPS) is 20.2. The summed E-state index contributed by atoms with van der Waals surface area (Å²) in [7, 11) is -0.627. The molecular formula is C34H48P2Ti. The maximum absolute atomic E-state index is 2.63. The van der Waals surface area contributed by atoms with Crippen LogP contribution in [0.4, 0.5) is 0 Å². The Balaban J connectivity index is 1.86. The van der Waals surface area contributed by atoms with Crippen LogP contribution in [0.5, 0.6) is 0 Å². The third kappa shape index (κ3) is 6.00. The minimum absolute atomic E-state index is 0.279. The molecule has 2 aliphatic rings. The summed E-state index contributed by atoms with van der Waals surface area (Å²) in [6.45, 7) is 29.8. The molecule has 0 saturated heterocycles. The van der Waals surface area contributed by atoms with Crippen LogP contribution in [-0.2, 0) is 19.2 Å². The average molecular weight is 567 g/mol. The van der Waals surface area contributed by atoms with Gasteiger partial charge in [-0.15, -0.1) is 0 Å². The fourth-order valence-electron chi connectivity index (χ4n) is 7.08. The number of benzene rings is 2. The Labute approximate surface area is 239 Å². The SMILES string of the molecule is CC(C)(C)P(C1=Cc2ccccc2[CH]1[Ti][CH]1C(P(C(C)(C)C)C(C)(C)C)=Cc2ccccc21)C(C)(C)C. The van der Waals surface area contributed by atoms with Crippen LogP contribution in [0.25, 0.3) is 12.2 Å². The number of hydrogen-bond acceptors (Lipinski definition) is 0. The number of fused-ring (bicyclic) bond motifs is 2. The third-order valence-corrected chi connectivity index (χ3v) is 18.3. The molecule has 0 fully saturated rings. The van der Waals surface area contributed by atoms with Crippen LogP contribution in [0.2, 0.25) is 0 Å². The van der Waals surface area contributed by atoms with Crippen molar-refractivity contribution in [2.45, 2.75) is 112 Å². The van der Waals surface area contributed by atoms with Crippen LogP contribution in [0, 0.1) is 0 Å². The van der Waals surface area contributed by atoms with Crippen molar-refractivity contribution >= 4 is 28.0 Å². The van der Waals surface area contributed by atoms with Crippen molar-refractivity contribution in [2.24, 2.45) is 0 Å². The predicted molar refractivity (Wildman–Crippen MR) is 167 cm³/mol. The Kier molecular flexibility index (Phi) is 8.09. The van der Waals surface area contributed by atoms with Crippen molar-refractivity contribution in [2.75, 3.05) is 0 Å². The summed E-state index contributed by atoms with van der Waals surface area (Å²) < 4.78 is 1.22. The fraction of sp³-hybridized carbons (Fsp3) is 0.529. The Morgan fingerprint density at radius 3 is 1.08 bits per heavy atom. The Morgan fingerprint density at radius 1 is 0.486 bits per heavy atom. The zero-order valence-electron chi connectivity index (χ0n) is 25.3. The second-order valence-corrected chi connectivity index (χ2v) is 24.8. The third-order valence-electron chi connectivity index (χ3n) is 7.35. The standard InChI is InChI=1S/2C17H24P.Ti/c2*1-16(2,3)18(17(4,5)6)15-11-13-9-7-8-10-14(13)12-15;/h2*7-12H,1-6H3;. The van der Waals surface area contributed by atoms with Gasteiger partial charge in [0.05, 0.1) is 0 Å². The van der Waals surface area contributed by atoms with Crippen LogP contribution in [0.1, 0.15) is 114 Å². The maximum atomic E-state index is 2.63. The predicted octanol–water partition coefficient (Wildman–Crippen LogP) is 11.4. The molecule has 0 N–H and O–H groups in total. The Hall–Kier alpha value is -0.506. The van der Waals surface area contributed by atoms with Gasteiger partial charge < -0.3 is 0 Å². The van der Waals surface area contributed by atoms with Gasteiger partial charge in [-0.3, -0.25) is 0 Å². The average Bonchev–Trinajstić information content (AvgIpc) is 3.23. The monoisotopic (exact) mass is 566 g/mol. The van der Waals surface area contributed by atoms with E-state index in [1.165, 1.54) is 11.1 Å². The molecule has 2 unspecified atom stereocenters. The van der Waals surface area contributed by atoms with Crippen LogP contribution in [-0.4, -0.2) is 20.6 Å². The van der Waals surface area contributed by atoms with E-state index in [0.717, 1.165) is 0 Å². The molecule has 0 radical (unpaired) electrons. The second kappa shape index (κ2) is 10.2. The molecule has 2 aromatic rings. The first kappa shape index (κ1) is 29.5. The van der Waals surface area contributed by atoms with Crippen LogP contribution >= 0.6 is 15.8 Å². The summed E-state index contributed by atoms with van der Waals surface area (Å²) in [6, 6.07) is 18.7. The van der Waals surface area contributed by atoms with Crippen molar-refractivity contribution in [1.82, 2.24) is 0 Å². The van der Waals surface area contributed by atoms with Gasteiger partial charge in [-0.1, -0.05) is 0 Å². The van der Waals surface area contributed by atoms with Gasteiger partial charge in [-0.2, -0.15) is 0 Å². The van der Waals surface area contributed by atoms with Crippen LogP contribution in [0.3, 0.4) is 0 Å². The van der Waals surface area contributed by atoms with E-state index in [1.807, 2.05) is 0 Å². The summed E-state index contributed by atoms with van der Waals surface area (Å²) in [5, 5.41) is 4.67. The molecule has 0 spiro atoms. The van der Waals surface area contributed by atoms with Crippen molar-refractivity contribution in [3.05, 3.63) is 81.4 Å². The zero-order chi connectivity index (χ0) is 27.6. The first-order valence-corrected chi connectivity index (χ1v) is 18.4.